The zero-order valence-corrected chi connectivity index (χ0v) is 8.04. The number of nitrogens with one attached hydrogen (secondary N) is 1. The third kappa shape index (κ3) is 6.50. The minimum Gasteiger partial charge on any atom is -0.481 e. The number of hydrogen-bond donors (Lipinski definition) is 3. The molecule has 0 bridgehead atoms. The second-order valence-corrected chi connectivity index (χ2v) is 4.60. The number of sulfonamides is 1. The van der Waals surface area contributed by atoms with E-state index in [0.29, 0.717) is 0 Å². The molecule has 0 aliphatic rings. The fourth-order valence-corrected chi connectivity index (χ4v) is 1.25. The van der Waals surface area contributed by atoms with Gasteiger partial charge in [-0.2, -0.15) is 0 Å². The summed E-state index contributed by atoms with van der Waals surface area (Å²) in [5.41, 5.74) is 0. The van der Waals surface area contributed by atoms with E-state index >= 15 is 0 Å². The van der Waals surface area contributed by atoms with Crippen LogP contribution in [-0.4, -0.2) is 43.0 Å². The highest BCUT2D eigenvalue weighted by Gasteiger charge is 2.12. The lowest BCUT2D eigenvalue weighted by molar-refractivity contribution is -0.139. The van der Waals surface area contributed by atoms with Gasteiger partial charge in [0, 0.05) is 6.54 Å². The number of aliphatic hydroxyl groups is 1. The summed E-state index contributed by atoms with van der Waals surface area (Å²) in [6.07, 6.45) is -1.65. The van der Waals surface area contributed by atoms with Crippen LogP contribution in [0.15, 0.2) is 0 Å². The third-order valence-corrected chi connectivity index (χ3v) is 2.70. The van der Waals surface area contributed by atoms with Crippen LogP contribution in [0, 0.1) is 0 Å². The first kappa shape index (κ1) is 12.3. The maximum absolute atomic E-state index is 10.8. The first-order valence-electron chi connectivity index (χ1n) is 3.74. The highest BCUT2D eigenvalue weighted by molar-refractivity contribution is 7.89. The SMILES string of the molecule is CCS(=O)(=O)NCC(O)CC(=O)O. The third-order valence-electron chi connectivity index (χ3n) is 1.33. The van der Waals surface area contributed by atoms with Gasteiger partial charge in [-0.3, -0.25) is 4.79 Å². The van der Waals surface area contributed by atoms with Gasteiger partial charge in [0.25, 0.3) is 0 Å². The van der Waals surface area contributed by atoms with Crippen molar-refractivity contribution in [2.24, 2.45) is 0 Å². The van der Waals surface area contributed by atoms with Gasteiger partial charge in [-0.15, -0.1) is 0 Å². The average molecular weight is 211 g/mol. The molecule has 0 aromatic rings. The fraction of sp³-hybridized carbons (Fsp3) is 0.833. The van der Waals surface area contributed by atoms with Crippen LogP contribution in [0.4, 0.5) is 0 Å². The van der Waals surface area contributed by atoms with Crippen LogP contribution in [0.25, 0.3) is 0 Å². The Labute approximate surface area is 76.6 Å². The van der Waals surface area contributed by atoms with Crippen molar-refractivity contribution in [3.8, 4) is 0 Å². The summed E-state index contributed by atoms with van der Waals surface area (Å²) < 4.78 is 23.7. The molecule has 0 aliphatic carbocycles. The second kappa shape index (κ2) is 5.15. The van der Waals surface area contributed by atoms with E-state index in [4.69, 9.17) is 10.2 Å². The summed E-state index contributed by atoms with van der Waals surface area (Å²) in [6.45, 7) is 1.19. The van der Waals surface area contributed by atoms with E-state index in [1.165, 1.54) is 6.92 Å². The van der Waals surface area contributed by atoms with Crippen molar-refractivity contribution in [2.75, 3.05) is 12.3 Å². The average Bonchev–Trinajstić information content (AvgIpc) is 2.00. The van der Waals surface area contributed by atoms with Crippen LogP contribution >= 0.6 is 0 Å². The van der Waals surface area contributed by atoms with Crippen molar-refractivity contribution in [3.63, 3.8) is 0 Å². The molecular weight excluding hydrogens is 198 g/mol. The molecule has 0 saturated heterocycles. The van der Waals surface area contributed by atoms with Crippen molar-refractivity contribution < 1.29 is 23.4 Å². The van der Waals surface area contributed by atoms with E-state index < -0.39 is 28.5 Å². The Morgan fingerprint density at radius 2 is 2.08 bits per heavy atom. The van der Waals surface area contributed by atoms with Crippen LogP contribution in [0.2, 0.25) is 0 Å². The van der Waals surface area contributed by atoms with Crippen LogP contribution < -0.4 is 4.72 Å². The Hall–Kier alpha value is -0.660. The Morgan fingerprint density at radius 3 is 2.46 bits per heavy atom. The molecular formula is C6H13NO5S. The van der Waals surface area contributed by atoms with Gasteiger partial charge in [-0.05, 0) is 6.92 Å². The lowest BCUT2D eigenvalue weighted by atomic mass is 10.3. The smallest absolute Gasteiger partial charge is 0.306 e. The van der Waals surface area contributed by atoms with E-state index in [2.05, 4.69) is 4.72 Å². The standard InChI is InChI=1S/C6H13NO5S/c1-2-13(11,12)7-4-5(8)3-6(9)10/h5,7-8H,2-4H2,1H3,(H,9,10). The molecule has 78 valence electrons. The molecule has 0 fully saturated rings. The Balaban J connectivity index is 3.83. The zero-order valence-electron chi connectivity index (χ0n) is 7.23. The zero-order chi connectivity index (χ0) is 10.5. The quantitative estimate of drug-likeness (QED) is 0.510. The summed E-state index contributed by atoms with van der Waals surface area (Å²) in [5.74, 6) is -1.25. The normalized spacial score (nSPS) is 14.0. The number of rotatable bonds is 6. The molecule has 0 saturated carbocycles. The molecule has 0 spiro atoms. The number of carboxylic acid groups (broad SMARTS) is 1. The van der Waals surface area contributed by atoms with E-state index in [1.54, 1.807) is 0 Å². The minimum absolute atomic E-state index is 0.0905. The Bertz CT molecular complexity index is 260. The molecule has 0 heterocycles. The summed E-state index contributed by atoms with van der Waals surface area (Å²) in [5, 5.41) is 17.2. The van der Waals surface area contributed by atoms with E-state index in [0.717, 1.165) is 0 Å². The number of carboxylic acids is 1. The summed E-state index contributed by atoms with van der Waals surface area (Å²) >= 11 is 0. The maximum atomic E-state index is 10.8. The number of aliphatic hydroxyl groups excluding tert-OH is 1. The molecule has 3 N–H and O–H groups in total. The lowest BCUT2D eigenvalue weighted by Gasteiger charge is -2.08. The van der Waals surface area contributed by atoms with Crippen molar-refractivity contribution in [1.29, 1.82) is 0 Å². The maximum Gasteiger partial charge on any atom is 0.306 e. The number of carbonyl (C=O) groups is 1. The van der Waals surface area contributed by atoms with Crippen LogP contribution in [-0.2, 0) is 14.8 Å². The molecule has 0 radical (unpaired) electrons. The highest BCUT2D eigenvalue weighted by Crippen LogP contribution is 1.91. The molecule has 7 heteroatoms. The summed E-state index contributed by atoms with van der Waals surface area (Å²) in [6, 6.07) is 0. The number of aliphatic carboxylic acids is 1. The fourth-order valence-electron chi connectivity index (χ4n) is 0.599. The van der Waals surface area contributed by atoms with Gasteiger partial charge >= 0.3 is 5.97 Å². The minimum atomic E-state index is -3.35. The van der Waals surface area contributed by atoms with Gasteiger partial charge < -0.3 is 10.2 Å². The van der Waals surface area contributed by atoms with Crippen LogP contribution in [0.5, 0.6) is 0 Å². The monoisotopic (exact) mass is 211 g/mol. The van der Waals surface area contributed by atoms with Crippen molar-refractivity contribution in [1.82, 2.24) is 4.72 Å². The van der Waals surface area contributed by atoms with Gasteiger partial charge in [-0.1, -0.05) is 0 Å². The van der Waals surface area contributed by atoms with Gasteiger partial charge in [0.1, 0.15) is 0 Å². The molecule has 0 rings (SSSR count). The molecule has 1 unspecified atom stereocenters. The Morgan fingerprint density at radius 1 is 1.54 bits per heavy atom. The number of hydrogen-bond acceptors (Lipinski definition) is 4. The molecule has 0 aromatic carbocycles. The van der Waals surface area contributed by atoms with E-state index in [1.807, 2.05) is 0 Å². The predicted octanol–water partition coefficient (Wildman–Crippen LogP) is -1.24. The summed E-state index contributed by atoms with van der Waals surface area (Å²) in [7, 11) is -3.35. The van der Waals surface area contributed by atoms with Crippen molar-refractivity contribution >= 4 is 16.0 Å². The van der Waals surface area contributed by atoms with Crippen molar-refractivity contribution in [2.45, 2.75) is 19.4 Å². The van der Waals surface area contributed by atoms with Crippen molar-refractivity contribution in [3.05, 3.63) is 0 Å². The molecule has 1 atom stereocenters. The summed E-state index contributed by atoms with van der Waals surface area (Å²) in [4.78, 5) is 10.1. The van der Waals surface area contributed by atoms with E-state index in [-0.39, 0.29) is 12.3 Å². The van der Waals surface area contributed by atoms with Crippen LogP contribution in [0.1, 0.15) is 13.3 Å². The molecule has 0 aliphatic heterocycles. The molecule has 13 heavy (non-hydrogen) atoms. The first-order valence-corrected chi connectivity index (χ1v) is 5.40. The predicted molar refractivity (Wildman–Crippen MR) is 45.7 cm³/mol. The molecule has 6 nitrogen and oxygen atoms in total. The van der Waals surface area contributed by atoms with Gasteiger partial charge in [0.2, 0.25) is 10.0 Å². The first-order chi connectivity index (χ1) is 5.87. The highest BCUT2D eigenvalue weighted by atomic mass is 32.2. The largest absolute Gasteiger partial charge is 0.481 e. The van der Waals surface area contributed by atoms with Gasteiger partial charge in [-0.25, -0.2) is 13.1 Å². The van der Waals surface area contributed by atoms with Crippen LogP contribution in [0.3, 0.4) is 0 Å². The molecule has 0 amide bonds. The topological polar surface area (TPSA) is 104 Å². The lowest BCUT2D eigenvalue weighted by Crippen LogP contribution is -2.34. The molecule has 0 aromatic heterocycles. The van der Waals surface area contributed by atoms with E-state index in [9.17, 15) is 13.2 Å². The van der Waals surface area contributed by atoms with Gasteiger partial charge in [0.15, 0.2) is 0 Å². The second-order valence-electron chi connectivity index (χ2n) is 2.50. The van der Waals surface area contributed by atoms with Gasteiger partial charge in [0.05, 0.1) is 18.3 Å². The Kier molecular flexibility index (Phi) is 4.89.